The molecule has 0 aromatic heterocycles. The Morgan fingerprint density at radius 1 is 1.09 bits per heavy atom. The molecule has 0 radical (unpaired) electrons. The molecule has 1 N–H and O–H groups in total. The first-order chi connectivity index (χ1) is 10.5. The predicted octanol–water partition coefficient (Wildman–Crippen LogP) is 3.38. The number of methoxy groups -OCH3 is 1. The molecule has 0 aliphatic carbocycles. The van der Waals surface area contributed by atoms with Crippen molar-refractivity contribution in [3.8, 4) is 5.75 Å². The summed E-state index contributed by atoms with van der Waals surface area (Å²) in [6.07, 6.45) is -2.14. The molecule has 1 heterocycles. The van der Waals surface area contributed by atoms with Crippen molar-refractivity contribution in [1.29, 1.82) is 0 Å². The van der Waals surface area contributed by atoms with Gasteiger partial charge in [-0.15, -0.1) is 0 Å². The van der Waals surface area contributed by atoms with Gasteiger partial charge in [0.05, 0.1) is 13.7 Å². The quantitative estimate of drug-likeness (QED) is 0.677. The summed E-state index contributed by atoms with van der Waals surface area (Å²) in [7, 11) is 1.66. The van der Waals surface area contributed by atoms with Gasteiger partial charge < -0.3 is 14.5 Å². The van der Waals surface area contributed by atoms with Gasteiger partial charge in [0.15, 0.2) is 6.34 Å². The Balaban J connectivity index is 2.03. The maximum absolute atomic E-state index is 6.02. The van der Waals surface area contributed by atoms with Crippen LogP contribution in [0.2, 0.25) is 0 Å². The monoisotopic (exact) mass is 348 g/mol. The van der Waals surface area contributed by atoms with Gasteiger partial charge in [-0.3, -0.25) is 0 Å². The molecule has 0 bridgehead atoms. The van der Waals surface area contributed by atoms with E-state index < -0.39 is 6.34 Å². The summed E-state index contributed by atoms with van der Waals surface area (Å²) in [5, 5.41) is 4.48. The number of anilines is 1. The van der Waals surface area contributed by atoms with Gasteiger partial charge in [-0.05, 0) is 55.1 Å². The normalized spacial score (nSPS) is 20.8. The van der Waals surface area contributed by atoms with Gasteiger partial charge in [0.25, 0.3) is 0 Å². The molecule has 0 spiro atoms. The van der Waals surface area contributed by atoms with Crippen LogP contribution >= 0.6 is 18.6 Å². The van der Waals surface area contributed by atoms with Crippen LogP contribution in [0, 0.1) is 6.92 Å². The van der Waals surface area contributed by atoms with Crippen molar-refractivity contribution < 1.29 is 4.74 Å². The number of nitrogens with zero attached hydrogens (tertiary/aromatic N) is 1. The molecule has 1 saturated heterocycles. The number of hydrogen-bond acceptors (Lipinski definition) is 3. The minimum absolute atomic E-state index is 0.668. The summed E-state index contributed by atoms with van der Waals surface area (Å²) in [5.41, 5.74) is 2.34. The number of aryl methyl sites for hydroxylation is 1. The molecule has 1 fully saturated rings. The number of ether oxygens (including phenoxy) is 1. The van der Waals surface area contributed by atoms with E-state index in [0.29, 0.717) is 6.54 Å². The molecular formula is C16H17N2OPS2. The lowest BCUT2D eigenvalue weighted by atomic mass is 10.2. The summed E-state index contributed by atoms with van der Waals surface area (Å²) < 4.78 is 7.46. The molecular weight excluding hydrogens is 331 g/mol. The predicted molar refractivity (Wildman–Crippen MR) is 101 cm³/mol. The zero-order valence-electron chi connectivity index (χ0n) is 12.4. The highest BCUT2D eigenvalue weighted by atomic mass is 32.4. The highest BCUT2D eigenvalue weighted by Gasteiger charge is 2.35. The zero-order valence-corrected chi connectivity index (χ0v) is 15.0. The first-order valence-corrected chi connectivity index (χ1v) is 10.1. The van der Waals surface area contributed by atoms with Gasteiger partial charge >= 0.3 is 0 Å². The van der Waals surface area contributed by atoms with Gasteiger partial charge in [0, 0.05) is 11.0 Å². The van der Waals surface area contributed by atoms with E-state index in [1.807, 2.05) is 24.3 Å². The first kappa shape index (κ1) is 15.5. The zero-order chi connectivity index (χ0) is 15.7. The van der Waals surface area contributed by atoms with Crippen molar-refractivity contribution in [3.63, 3.8) is 0 Å². The Bertz CT molecular complexity index is 744. The van der Waals surface area contributed by atoms with E-state index in [1.165, 1.54) is 5.56 Å². The second kappa shape index (κ2) is 5.99. The lowest BCUT2D eigenvalue weighted by Gasteiger charge is -2.29. The van der Waals surface area contributed by atoms with Crippen molar-refractivity contribution in [1.82, 2.24) is 5.09 Å². The minimum Gasteiger partial charge on any atom is -0.497 e. The number of rotatable bonds is 3. The highest BCUT2D eigenvalue weighted by molar-refractivity contribution is 8.18. The SMILES string of the molecule is COc1ccc(P2(=S)NC(=S)CN2c2ccc(C)cc2)cc1. The smallest absolute Gasteiger partial charge is 0.151 e. The van der Waals surface area contributed by atoms with E-state index in [0.717, 1.165) is 21.7 Å². The second-order valence-corrected chi connectivity index (χ2v) is 9.66. The first-order valence-electron chi connectivity index (χ1n) is 6.93. The second-order valence-electron chi connectivity index (χ2n) is 5.20. The van der Waals surface area contributed by atoms with Crippen LogP contribution < -0.4 is 19.8 Å². The van der Waals surface area contributed by atoms with Crippen LogP contribution in [0.15, 0.2) is 48.5 Å². The summed E-state index contributed by atoms with van der Waals surface area (Å²) in [6, 6.07) is 16.4. The van der Waals surface area contributed by atoms with E-state index in [2.05, 4.69) is 40.9 Å². The Morgan fingerprint density at radius 3 is 2.32 bits per heavy atom. The third-order valence-electron chi connectivity index (χ3n) is 3.66. The third kappa shape index (κ3) is 2.76. The summed E-state index contributed by atoms with van der Waals surface area (Å²) in [4.78, 5) is 0.805. The fourth-order valence-electron chi connectivity index (χ4n) is 2.46. The van der Waals surface area contributed by atoms with Crippen LogP contribution in [0.25, 0.3) is 0 Å². The van der Waals surface area contributed by atoms with Gasteiger partial charge in [-0.1, -0.05) is 29.9 Å². The van der Waals surface area contributed by atoms with Gasteiger partial charge in [-0.2, -0.15) is 0 Å². The van der Waals surface area contributed by atoms with Crippen LogP contribution in [-0.2, 0) is 11.8 Å². The molecule has 6 heteroatoms. The fourth-order valence-corrected chi connectivity index (χ4v) is 6.70. The Morgan fingerprint density at radius 2 is 1.73 bits per heavy atom. The average molecular weight is 348 g/mol. The van der Waals surface area contributed by atoms with E-state index in [9.17, 15) is 0 Å². The maximum atomic E-state index is 6.02. The fraction of sp³-hybridized carbons (Fsp3) is 0.188. The standard InChI is InChI=1S/C16H17N2OPS2/c1-12-3-5-13(6-4-12)18-11-16(21)17-20(18,22)15-9-7-14(19-2)8-10-15/h3-10H,11H2,1-2H3,(H,17,21,22). The molecule has 1 aliphatic heterocycles. The molecule has 22 heavy (non-hydrogen) atoms. The molecule has 3 nitrogen and oxygen atoms in total. The minimum atomic E-state index is -2.14. The van der Waals surface area contributed by atoms with Crippen molar-refractivity contribution in [2.45, 2.75) is 6.92 Å². The van der Waals surface area contributed by atoms with E-state index in [4.69, 9.17) is 28.8 Å². The highest BCUT2D eigenvalue weighted by Crippen LogP contribution is 2.51. The molecule has 114 valence electrons. The van der Waals surface area contributed by atoms with Crippen molar-refractivity contribution >= 4 is 46.3 Å². The third-order valence-corrected chi connectivity index (χ3v) is 8.17. The van der Waals surface area contributed by atoms with Gasteiger partial charge in [0.1, 0.15) is 10.7 Å². The van der Waals surface area contributed by atoms with Gasteiger partial charge in [0.2, 0.25) is 0 Å². The average Bonchev–Trinajstić information content (AvgIpc) is 2.84. The largest absolute Gasteiger partial charge is 0.497 e. The van der Waals surface area contributed by atoms with Crippen LogP contribution in [0.3, 0.4) is 0 Å². The maximum Gasteiger partial charge on any atom is 0.151 e. The van der Waals surface area contributed by atoms with E-state index in [-0.39, 0.29) is 0 Å². The molecule has 2 aromatic carbocycles. The molecule has 2 aromatic rings. The van der Waals surface area contributed by atoms with Gasteiger partial charge in [-0.25, -0.2) is 0 Å². The lowest BCUT2D eigenvalue weighted by molar-refractivity contribution is 0.415. The number of hydrogen-bond donors (Lipinski definition) is 1. The van der Waals surface area contributed by atoms with E-state index in [1.54, 1.807) is 7.11 Å². The topological polar surface area (TPSA) is 24.5 Å². The van der Waals surface area contributed by atoms with Crippen LogP contribution in [0.5, 0.6) is 5.75 Å². The van der Waals surface area contributed by atoms with Crippen LogP contribution in [0.1, 0.15) is 5.56 Å². The van der Waals surface area contributed by atoms with Crippen molar-refractivity contribution in [3.05, 3.63) is 54.1 Å². The Hall–Kier alpha value is -1.42. The lowest BCUT2D eigenvalue weighted by Crippen LogP contribution is -2.23. The van der Waals surface area contributed by atoms with Crippen LogP contribution in [-0.4, -0.2) is 18.6 Å². The number of benzene rings is 2. The molecule has 3 rings (SSSR count). The van der Waals surface area contributed by atoms with Crippen molar-refractivity contribution in [2.24, 2.45) is 0 Å². The Labute approximate surface area is 141 Å². The number of thiocarbonyl (C=S) groups is 1. The Kier molecular flexibility index (Phi) is 4.22. The molecule has 1 aliphatic rings. The summed E-state index contributed by atoms with van der Waals surface area (Å²) in [6.45, 7) is 2.75. The van der Waals surface area contributed by atoms with E-state index >= 15 is 0 Å². The molecule has 0 saturated carbocycles. The van der Waals surface area contributed by atoms with Crippen LogP contribution in [0.4, 0.5) is 5.69 Å². The molecule has 0 amide bonds. The molecule has 1 unspecified atom stereocenters. The molecule has 1 atom stereocenters. The van der Waals surface area contributed by atoms with Crippen molar-refractivity contribution in [2.75, 3.05) is 18.3 Å². The summed E-state index contributed by atoms with van der Waals surface area (Å²) >= 11 is 11.4. The summed E-state index contributed by atoms with van der Waals surface area (Å²) in [5.74, 6) is 0.828. The number of nitrogens with one attached hydrogen (secondary N) is 1.